The summed E-state index contributed by atoms with van der Waals surface area (Å²) < 4.78 is 5.11. The SMILES string of the molecule is COC(CO)CCc1ccccc1C. The molecule has 0 heterocycles. The fourth-order valence-corrected chi connectivity index (χ4v) is 1.49. The third-order valence-electron chi connectivity index (χ3n) is 2.53. The Hall–Kier alpha value is -0.860. The van der Waals surface area contributed by atoms with E-state index in [0.717, 1.165) is 12.8 Å². The van der Waals surface area contributed by atoms with Crippen molar-refractivity contribution in [1.82, 2.24) is 0 Å². The van der Waals surface area contributed by atoms with Gasteiger partial charge in [0.05, 0.1) is 12.7 Å². The van der Waals surface area contributed by atoms with Gasteiger partial charge >= 0.3 is 0 Å². The van der Waals surface area contributed by atoms with Crippen LogP contribution in [0, 0.1) is 6.92 Å². The molecule has 2 nitrogen and oxygen atoms in total. The molecule has 0 aliphatic heterocycles. The topological polar surface area (TPSA) is 29.5 Å². The number of aliphatic hydroxyl groups is 1. The van der Waals surface area contributed by atoms with Crippen LogP contribution in [0.2, 0.25) is 0 Å². The molecule has 0 amide bonds. The molecule has 1 rings (SSSR count). The molecule has 0 fully saturated rings. The number of rotatable bonds is 5. The Labute approximate surface area is 85.5 Å². The standard InChI is InChI=1S/C12H18O2/c1-10-5-3-4-6-11(10)7-8-12(9-13)14-2/h3-6,12-13H,7-9H2,1-2H3. The smallest absolute Gasteiger partial charge is 0.0805 e. The van der Waals surface area contributed by atoms with Crippen molar-refractivity contribution in [3.63, 3.8) is 0 Å². The van der Waals surface area contributed by atoms with Crippen molar-refractivity contribution in [2.75, 3.05) is 13.7 Å². The Kier molecular flexibility index (Phi) is 4.63. The lowest BCUT2D eigenvalue weighted by atomic mass is 10.0. The van der Waals surface area contributed by atoms with Gasteiger partial charge in [0.2, 0.25) is 0 Å². The zero-order valence-corrected chi connectivity index (χ0v) is 8.86. The van der Waals surface area contributed by atoms with Crippen LogP contribution in [0.1, 0.15) is 17.5 Å². The van der Waals surface area contributed by atoms with Gasteiger partial charge in [0.15, 0.2) is 0 Å². The first-order chi connectivity index (χ1) is 6.77. The fraction of sp³-hybridized carbons (Fsp3) is 0.500. The summed E-state index contributed by atoms with van der Waals surface area (Å²) in [6.45, 7) is 2.21. The normalized spacial score (nSPS) is 12.8. The van der Waals surface area contributed by atoms with Crippen LogP contribution in [0.15, 0.2) is 24.3 Å². The molecule has 1 unspecified atom stereocenters. The van der Waals surface area contributed by atoms with Gasteiger partial charge in [-0.05, 0) is 30.9 Å². The highest BCUT2D eigenvalue weighted by molar-refractivity contribution is 5.25. The molecule has 2 heteroatoms. The van der Waals surface area contributed by atoms with Gasteiger partial charge in [-0.3, -0.25) is 0 Å². The fourth-order valence-electron chi connectivity index (χ4n) is 1.49. The van der Waals surface area contributed by atoms with Crippen LogP contribution in [0.5, 0.6) is 0 Å². The molecule has 14 heavy (non-hydrogen) atoms. The van der Waals surface area contributed by atoms with Crippen LogP contribution in [0.25, 0.3) is 0 Å². The Morgan fingerprint density at radius 1 is 1.36 bits per heavy atom. The summed E-state index contributed by atoms with van der Waals surface area (Å²) in [5.74, 6) is 0. The Morgan fingerprint density at radius 2 is 2.07 bits per heavy atom. The molecule has 0 aromatic heterocycles. The van der Waals surface area contributed by atoms with Gasteiger partial charge in [-0.1, -0.05) is 24.3 Å². The third-order valence-corrected chi connectivity index (χ3v) is 2.53. The first kappa shape index (κ1) is 11.2. The average Bonchev–Trinajstić information content (AvgIpc) is 2.22. The van der Waals surface area contributed by atoms with Gasteiger partial charge in [-0.2, -0.15) is 0 Å². The van der Waals surface area contributed by atoms with Gasteiger partial charge in [0, 0.05) is 7.11 Å². The van der Waals surface area contributed by atoms with Gasteiger partial charge < -0.3 is 9.84 Å². The van der Waals surface area contributed by atoms with Crippen molar-refractivity contribution in [3.8, 4) is 0 Å². The summed E-state index contributed by atoms with van der Waals surface area (Å²) in [5, 5.41) is 8.95. The summed E-state index contributed by atoms with van der Waals surface area (Å²) in [5.41, 5.74) is 2.64. The van der Waals surface area contributed by atoms with Crippen molar-refractivity contribution in [3.05, 3.63) is 35.4 Å². The van der Waals surface area contributed by atoms with Crippen molar-refractivity contribution in [2.24, 2.45) is 0 Å². The maximum Gasteiger partial charge on any atom is 0.0805 e. The van der Waals surface area contributed by atoms with E-state index in [-0.39, 0.29) is 12.7 Å². The lowest BCUT2D eigenvalue weighted by molar-refractivity contribution is 0.0435. The van der Waals surface area contributed by atoms with Gasteiger partial charge in [0.1, 0.15) is 0 Å². The summed E-state index contributed by atoms with van der Waals surface area (Å²) in [4.78, 5) is 0. The van der Waals surface area contributed by atoms with Gasteiger partial charge in [0.25, 0.3) is 0 Å². The number of hydrogen-bond acceptors (Lipinski definition) is 2. The zero-order valence-electron chi connectivity index (χ0n) is 8.86. The Bertz CT molecular complexity index is 267. The monoisotopic (exact) mass is 194 g/mol. The van der Waals surface area contributed by atoms with Gasteiger partial charge in [-0.25, -0.2) is 0 Å². The highest BCUT2D eigenvalue weighted by Crippen LogP contribution is 2.11. The molecule has 1 N–H and O–H groups in total. The molecule has 0 radical (unpaired) electrons. The number of benzene rings is 1. The molecule has 0 aliphatic rings. The molecule has 0 saturated carbocycles. The first-order valence-corrected chi connectivity index (χ1v) is 4.96. The number of hydrogen-bond donors (Lipinski definition) is 1. The molecule has 1 atom stereocenters. The molecular weight excluding hydrogens is 176 g/mol. The molecular formula is C12H18O2. The second-order valence-electron chi connectivity index (χ2n) is 3.51. The zero-order chi connectivity index (χ0) is 10.4. The van der Waals surface area contributed by atoms with Crippen LogP contribution in [-0.2, 0) is 11.2 Å². The van der Waals surface area contributed by atoms with E-state index in [1.54, 1.807) is 7.11 Å². The number of methoxy groups -OCH3 is 1. The number of ether oxygens (including phenoxy) is 1. The molecule has 1 aromatic carbocycles. The minimum Gasteiger partial charge on any atom is -0.394 e. The molecule has 0 bridgehead atoms. The number of aryl methyl sites for hydroxylation is 2. The molecule has 0 aliphatic carbocycles. The first-order valence-electron chi connectivity index (χ1n) is 4.96. The highest BCUT2D eigenvalue weighted by atomic mass is 16.5. The quantitative estimate of drug-likeness (QED) is 0.776. The van der Waals surface area contributed by atoms with Crippen molar-refractivity contribution < 1.29 is 9.84 Å². The maximum atomic E-state index is 8.95. The minimum atomic E-state index is -0.0328. The molecule has 78 valence electrons. The van der Waals surface area contributed by atoms with Crippen molar-refractivity contribution in [1.29, 1.82) is 0 Å². The van der Waals surface area contributed by atoms with Crippen LogP contribution in [0.3, 0.4) is 0 Å². The van der Waals surface area contributed by atoms with E-state index in [0.29, 0.717) is 0 Å². The summed E-state index contributed by atoms with van der Waals surface area (Å²) >= 11 is 0. The van der Waals surface area contributed by atoms with E-state index in [1.165, 1.54) is 11.1 Å². The Balaban J connectivity index is 2.49. The number of aliphatic hydroxyl groups excluding tert-OH is 1. The average molecular weight is 194 g/mol. The summed E-state index contributed by atoms with van der Waals surface area (Å²) in [6, 6.07) is 8.32. The molecule has 0 spiro atoms. The van der Waals surface area contributed by atoms with Crippen LogP contribution >= 0.6 is 0 Å². The molecule has 1 aromatic rings. The van der Waals surface area contributed by atoms with E-state index in [1.807, 2.05) is 12.1 Å². The predicted octanol–water partition coefficient (Wildman–Crippen LogP) is 1.93. The van der Waals surface area contributed by atoms with E-state index >= 15 is 0 Å². The van der Waals surface area contributed by atoms with Crippen LogP contribution < -0.4 is 0 Å². The van der Waals surface area contributed by atoms with E-state index in [2.05, 4.69) is 19.1 Å². The lowest BCUT2D eigenvalue weighted by Crippen LogP contribution is -2.16. The summed E-state index contributed by atoms with van der Waals surface area (Å²) in [7, 11) is 1.64. The third kappa shape index (κ3) is 3.13. The van der Waals surface area contributed by atoms with Crippen molar-refractivity contribution in [2.45, 2.75) is 25.9 Å². The predicted molar refractivity (Wildman–Crippen MR) is 57.4 cm³/mol. The summed E-state index contributed by atoms with van der Waals surface area (Å²) in [6.07, 6.45) is 1.80. The van der Waals surface area contributed by atoms with Crippen LogP contribution in [0.4, 0.5) is 0 Å². The van der Waals surface area contributed by atoms with Crippen LogP contribution in [-0.4, -0.2) is 24.9 Å². The highest BCUT2D eigenvalue weighted by Gasteiger charge is 2.06. The van der Waals surface area contributed by atoms with E-state index < -0.39 is 0 Å². The maximum absolute atomic E-state index is 8.95. The second-order valence-corrected chi connectivity index (χ2v) is 3.51. The van der Waals surface area contributed by atoms with Gasteiger partial charge in [-0.15, -0.1) is 0 Å². The van der Waals surface area contributed by atoms with Crippen molar-refractivity contribution >= 4 is 0 Å². The molecule has 0 saturated heterocycles. The lowest BCUT2D eigenvalue weighted by Gasteiger charge is -2.12. The largest absolute Gasteiger partial charge is 0.394 e. The van der Waals surface area contributed by atoms with E-state index in [9.17, 15) is 0 Å². The second kappa shape index (κ2) is 5.78. The Morgan fingerprint density at radius 3 is 2.64 bits per heavy atom. The minimum absolute atomic E-state index is 0.0328. The van der Waals surface area contributed by atoms with E-state index in [4.69, 9.17) is 9.84 Å².